The van der Waals surface area contributed by atoms with E-state index in [9.17, 15) is 4.79 Å². The van der Waals surface area contributed by atoms with Crippen LogP contribution in [0.15, 0.2) is 34.5 Å². The Morgan fingerprint density at radius 1 is 1.50 bits per heavy atom. The molecule has 0 aliphatic rings. The van der Waals surface area contributed by atoms with E-state index < -0.39 is 0 Å². The van der Waals surface area contributed by atoms with Crippen LogP contribution in [0, 0.1) is 0 Å². The van der Waals surface area contributed by atoms with Crippen LogP contribution in [0.25, 0.3) is 9.88 Å². The van der Waals surface area contributed by atoms with Gasteiger partial charge in [0.15, 0.2) is 0 Å². The monoisotopic (exact) mass is 298 g/mol. The number of halogens is 1. The summed E-state index contributed by atoms with van der Waals surface area (Å²) in [4.78, 5) is 17.1. The summed E-state index contributed by atoms with van der Waals surface area (Å²) in [7, 11) is 0. The van der Waals surface area contributed by atoms with Crippen molar-refractivity contribution in [2.24, 2.45) is 0 Å². The van der Waals surface area contributed by atoms with Crippen LogP contribution in [0.5, 0.6) is 0 Å². The molecule has 2 aromatic heterocycles. The maximum atomic E-state index is 11.6. The molecular formula is C12H11ClN2OS2. The number of rotatable bonds is 5. The summed E-state index contributed by atoms with van der Waals surface area (Å²) < 4.78 is 0. The van der Waals surface area contributed by atoms with E-state index in [4.69, 9.17) is 11.6 Å². The zero-order valence-electron chi connectivity index (χ0n) is 9.48. The molecule has 1 amide bonds. The summed E-state index contributed by atoms with van der Waals surface area (Å²) in [5, 5.41) is 7.96. The van der Waals surface area contributed by atoms with Gasteiger partial charge in [-0.05, 0) is 11.4 Å². The first kappa shape index (κ1) is 13.3. The van der Waals surface area contributed by atoms with Crippen LogP contribution >= 0.6 is 34.3 Å². The van der Waals surface area contributed by atoms with E-state index in [-0.39, 0.29) is 12.3 Å². The Balaban J connectivity index is 1.95. The predicted molar refractivity (Wildman–Crippen MR) is 77.1 cm³/mol. The van der Waals surface area contributed by atoms with Gasteiger partial charge in [-0.15, -0.1) is 22.7 Å². The highest BCUT2D eigenvalue weighted by Crippen LogP contribution is 2.27. The fourth-order valence-corrected chi connectivity index (χ4v) is 3.02. The van der Waals surface area contributed by atoms with Crippen molar-refractivity contribution >= 4 is 40.2 Å². The lowest BCUT2D eigenvalue weighted by Crippen LogP contribution is -2.26. The SMILES string of the molecule is C=C(Cl)CNC(=O)Cc1csc(-c2cccs2)n1. The lowest BCUT2D eigenvalue weighted by Gasteiger charge is -2.01. The van der Waals surface area contributed by atoms with Crippen LogP contribution in [-0.2, 0) is 11.2 Å². The molecule has 0 saturated carbocycles. The maximum absolute atomic E-state index is 11.6. The Labute approximate surface area is 118 Å². The molecule has 1 N–H and O–H groups in total. The molecule has 94 valence electrons. The van der Waals surface area contributed by atoms with E-state index in [2.05, 4.69) is 16.9 Å². The minimum Gasteiger partial charge on any atom is -0.351 e. The largest absolute Gasteiger partial charge is 0.351 e. The van der Waals surface area contributed by atoms with Crippen molar-refractivity contribution in [1.82, 2.24) is 10.3 Å². The van der Waals surface area contributed by atoms with Crippen LogP contribution < -0.4 is 5.32 Å². The molecule has 0 aliphatic carbocycles. The number of aromatic nitrogens is 1. The van der Waals surface area contributed by atoms with Crippen molar-refractivity contribution in [3.05, 3.63) is 40.2 Å². The van der Waals surface area contributed by atoms with Gasteiger partial charge in [-0.1, -0.05) is 24.2 Å². The molecule has 2 heterocycles. The molecule has 6 heteroatoms. The molecule has 0 aliphatic heterocycles. The second-order valence-electron chi connectivity index (χ2n) is 3.59. The Morgan fingerprint density at radius 2 is 2.33 bits per heavy atom. The molecule has 0 atom stereocenters. The van der Waals surface area contributed by atoms with Crippen LogP contribution in [0.2, 0.25) is 0 Å². The normalized spacial score (nSPS) is 10.3. The van der Waals surface area contributed by atoms with Gasteiger partial charge in [0, 0.05) is 10.4 Å². The molecule has 18 heavy (non-hydrogen) atoms. The van der Waals surface area contributed by atoms with Crippen LogP contribution in [-0.4, -0.2) is 17.4 Å². The predicted octanol–water partition coefficient (Wildman–Crippen LogP) is 3.28. The first-order chi connectivity index (χ1) is 8.65. The zero-order chi connectivity index (χ0) is 13.0. The standard InChI is InChI=1S/C12H11ClN2OS2/c1-8(13)6-14-11(16)5-9-7-18-12(15-9)10-3-2-4-17-10/h2-4,7H,1,5-6H2,(H,14,16). The summed E-state index contributed by atoms with van der Waals surface area (Å²) in [6.45, 7) is 3.80. The summed E-state index contributed by atoms with van der Waals surface area (Å²) in [6, 6.07) is 4.00. The number of carbonyl (C=O) groups is 1. The van der Waals surface area contributed by atoms with Crippen LogP contribution in [0.1, 0.15) is 5.69 Å². The number of nitrogens with zero attached hydrogens (tertiary/aromatic N) is 1. The van der Waals surface area contributed by atoms with E-state index in [0.717, 1.165) is 15.6 Å². The number of carbonyl (C=O) groups excluding carboxylic acids is 1. The average Bonchev–Trinajstić information content (AvgIpc) is 2.95. The maximum Gasteiger partial charge on any atom is 0.226 e. The molecule has 0 bridgehead atoms. The summed E-state index contributed by atoms with van der Waals surface area (Å²) in [6.07, 6.45) is 0.270. The van der Waals surface area contributed by atoms with Crippen molar-refractivity contribution in [3.8, 4) is 9.88 Å². The third-order valence-electron chi connectivity index (χ3n) is 2.10. The number of thiazole rings is 1. The second kappa shape index (κ2) is 6.13. The Morgan fingerprint density at radius 3 is 3.00 bits per heavy atom. The van der Waals surface area contributed by atoms with Crippen molar-refractivity contribution in [2.75, 3.05) is 6.54 Å². The van der Waals surface area contributed by atoms with Gasteiger partial charge in [0.1, 0.15) is 5.01 Å². The van der Waals surface area contributed by atoms with Gasteiger partial charge in [0.05, 0.1) is 23.5 Å². The smallest absolute Gasteiger partial charge is 0.226 e. The number of nitrogens with one attached hydrogen (secondary N) is 1. The molecule has 0 fully saturated rings. The van der Waals surface area contributed by atoms with E-state index in [1.807, 2.05) is 22.9 Å². The molecule has 2 rings (SSSR count). The van der Waals surface area contributed by atoms with Gasteiger partial charge in [-0.3, -0.25) is 4.79 Å². The van der Waals surface area contributed by atoms with E-state index in [0.29, 0.717) is 11.6 Å². The Kier molecular flexibility index (Phi) is 4.52. The minimum absolute atomic E-state index is 0.0974. The molecule has 0 saturated heterocycles. The Bertz CT molecular complexity index is 548. The highest BCUT2D eigenvalue weighted by Gasteiger charge is 2.09. The second-order valence-corrected chi connectivity index (χ2v) is 5.93. The van der Waals surface area contributed by atoms with Gasteiger partial charge < -0.3 is 5.32 Å². The van der Waals surface area contributed by atoms with Gasteiger partial charge in [0.2, 0.25) is 5.91 Å². The average molecular weight is 299 g/mol. The number of hydrogen-bond acceptors (Lipinski definition) is 4. The van der Waals surface area contributed by atoms with Gasteiger partial charge in [0.25, 0.3) is 0 Å². The molecule has 2 aromatic rings. The van der Waals surface area contributed by atoms with Gasteiger partial charge in [-0.2, -0.15) is 0 Å². The number of thiophene rings is 1. The minimum atomic E-state index is -0.0974. The molecule has 0 radical (unpaired) electrons. The fraction of sp³-hybridized carbons (Fsp3) is 0.167. The molecular weight excluding hydrogens is 288 g/mol. The van der Waals surface area contributed by atoms with Gasteiger partial charge >= 0.3 is 0 Å². The zero-order valence-corrected chi connectivity index (χ0v) is 11.9. The topological polar surface area (TPSA) is 42.0 Å². The van der Waals surface area contributed by atoms with Crippen LogP contribution in [0.4, 0.5) is 0 Å². The quantitative estimate of drug-likeness (QED) is 0.920. The van der Waals surface area contributed by atoms with E-state index >= 15 is 0 Å². The van der Waals surface area contributed by atoms with Crippen molar-refractivity contribution in [2.45, 2.75) is 6.42 Å². The molecule has 0 aromatic carbocycles. The third kappa shape index (κ3) is 3.66. The van der Waals surface area contributed by atoms with E-state index in [1.54, 1.807) is 22.7 Å². The lowest BCUT2D eigenvalue weighted by atomic mass is 10.3. The summed E-state index contributed by atoms with van der Waals surface area (Å²) >= 11 is 8.77. The number of hydrogen-bond donors (Lipinski definition) is 1. The first-order valence-electron chi connectivity index (χ1n) is 5.23. The summed E-state index contributed by atoms with van der Waals surface area (Å²) in [5.41, 5.74) is 0.779. The molecule has 0 unspecified atom stereocenters. The van der Waals surface area contributed by atoms with E-state index in [1.165, 1.54) is 0 Å². The highest BCUT2D eigenvalue weighted by molar-refractivity contribution is 7.20. The van der Waals surface area contributed by atoms with Gasteiger partial charge in [-0.25, -0.2) is 4.98 Å². The van der Waals surface area contributed by atoms with Crippen molar-refractivity contribution < 1.29 is 4.79 Å². The number of amides is 1. The van der Waals surface area contributed by atoms with Crippen LogP contribution in [0.3, 0.4) is 0 Å². The summed E-state index contributed by atoms with van der Waals surface area (Å²) in [5.74, 6) is -0.0974. The third-order valence-corrected chi connectivity index (χ3v) is 4.17. The molecule has 3 nitrogen and oxygen atoms in total. The van der Waals surface area contributed by atoms with Crippen molar-refractivity contribution in [3.63, 3.8) is 0 Å². The molecule has 0 spiro atoms. The Hall–Kier alpha value is -1.17. The first-order valence-corrected chi connectivity index (χ1v) is 7.37. The fourth-order valence-electron chi connectivity index (χ4n) is 1.32. The highest BCUT2D eigenvalue weighted by atomic mass is 35.5. The van der Waals surface area contributed by atoms with Crippen molar-refractivity contribution in [1.29, 1.82) is 0 Å². The lowest BCUT2D eigenvalue weighted by molar-refractivity contribution is -0.120.